The Balaban J connectivity index is 1.76. The Bertz CT molecular complexity index is 830. The fraction of sp³-hybridized carbons (Fsp3) is 0.0667. The summed E-state index contributed by atoms with van der Waals surface area (Å²) >= 11 is 0. The first-order valence-electron chi connectivity index (χ1n) is 6.64. The first-order valence-corrected chi connectivity index (χ1v) is 6.64. The number of rotatable bonds is 4. The van der Waals surface area contributed by atoms with Crippen molar-refractivity contribution < 1.29 is 19.2 Å². The number of pyridine rings is 2. The first-order chi connectivity index (χ1) is 11.1. The Labute approximate surface area is 130 Å². The van der Waals surface area contributed by atoms with Crippen LogP contribution >= 0.6 is 0 Å². The zero-order chi connectivity index (χ0) is 16.2. The van der Waals surface area contributed by atoms with E-state index in [2.05, 4.69) is 20.4 Å². The average Bonchev–Trinajstić information content (AvgIpc) is 2.96. The molecule has 0 atom stereocenters. The van der Waals surface area contributed by atoms with Gasteiger partial charge in [0.2, 0.25) is 0 Å². The highest BCUT2D eigenvalue weighted by atomic mass is 16.5. The highest BCUT2D eigenvalue weighted by molar-refractivity contribution is 5.81. The SMILES string of the molecule is Cc1cc(-c2cc(Oc3ccc(NC(=O)O)nc3)ccn2)on1. The highest BCUT2D eigenvalue weighted by Gasteiger charge is 2.08. The fourth-order valence-corrected chi connectivity index (χ4v) is 1.85. The third kappa shape index (κ3) is 3.62. The summed E-state index contributed by atoms with van der Waals surface area (Å²) in [7, 11) is 0. The number of anilines is 1. The minimum atomic E-state index is -1.17. The lowest BCUT2D eigenvalue weighted by molar-refractivity contribution is 0.209. The number of ether oxygens (including phenoxy) is 1. The van der Waals surface area contributed by atoms with Crippen molar-refractivity contribution in [2.75, 3.05) is 5.32 Å². The molecular formula is C15H12N4O4. The largest absolute Gasteiger partial charge is 0.465 e. The van der Waals surface area contributed by atoms with Gasteiger partial charge < -0.3 is 14.4 Å². The van der Waals surface area contributed by atoms with Gasteiger partial charge in [-0.3, -0.25) is 10.3 Å². The number of nitrogens with one attached hydrogen (secondary N) is 1. The summed E-state index contributed by atoms with van der Waals surface area (Å²) in [5.74, 6) is 1.78. The van der Waals surface area contributed by atoms with E-state index in [9.17, 15) is 4.79 Å². The Hall–Kier alpha value is -3.42. The molecule has 8 heteroatoms. The van der Waals surface area contributed by atoms with Gasteiger partial charge in [-0.05, 0) is 25.1 Å². The summed E-state index contributed by atoms with van der Waals surface area (Å²) < 4.78 is 10.8. The van der Waals surface area contributed by atoms with E-state index in [1.165, 1.54) is 12.3 Å². The summed E-state index contributed by atoms with van der Waals surface area (Å²) in [5.41, 5.74) is 1.36. The summed E-state index contributed by atoms with van der Waals surface area (Å²) in [4.78, 5) is 18.7. The van der Waals surface area contributed by atoms with E-state index < -0.39 is 6.09 Å². The van der Waals surface area contributed by atoms with E-state index in [0.29, 0.717) is 23.0 Å². The molecule has 8 nitrogen and oxygen atoms in total. The van der Waals surface area contributed by atoms with E-state index in [4.69, 9.17) is 14.4 Å². The lowest BCUT2D eigenvalue weighted by Crippen LogP contribution is -2.08. The predicted molar refractivity (Wildman–Crippen MR) is 80.4 cm³/mol. The normalized spacial score (nSPS) is 10.3. The van der Waals surface area contributed by atoms with Crippen LogP contribution in [0.15, 0.2) is 47.2 Å². The molecule has 0 unspecified atom stereocenters. The zero-order valence-corrected chi connectivity index (χ0v) is 12.1. The van der Waals surface area contributed by atoms with Crippen molar-refractivity contribution in [2.45, 2.75) is 6.92 Å². The van der Waals surface area contributed by atoms with E-state index in [1.54, 1.807) is 30.5 Å². The van der Waals surface area contributed by atoms with Crippen molar-refractivity contribution in [2.24, 2.45) is 0 Å². The third-order valence-corrected chi connectivity index (χ3v) is 2.82. The lowest BCUT2D eigenvalue weighted by Gasteiger charge is -2.06. The van der Waals surface area contributed by atoms with Crippen LogP contribution in [0.5, 0.6) is 11.5 Å². The van der Waals surface area contributed by atoms with E-state index in [1.807, 2.05) is 6.92 Å². The standard InChI is InChI=1S/C15H12N4O4/c1-9-6-13(23-19-9)12-7-10(4-5-16-12)22-11-2-3-14(17-8-11)18-15(20)21/h2-8H,1H3,(H,17,18)(H,20,21). The molecule has 0 radical (unpaired) electrons. The number of carboxylic acid groups (broad SMARTS) is 1. The van der Waals surface area contributed by atoms with Gasteiger partial charge >= 0.3 is 6.09 Å². The molecule has 116 valence electrons. The molecule has 3 aromatic rings. The average molecular weight is 312 g/mol. The van der Waals surface area contributed by atoms with Crippen LogP contribution in [0.3, 0.4) is 0 Å². The summed E-state index contributed by atoms with van der Waals surface area (Å²) in [5, 5.41) is 14.6. The number of aromatic nitrogens is 3. The number of carbonyl (C=O) groups is 1. The monoisotopic (exact) mass is 312 g/mol. The number of hydrogen-bond acceptors (Lipinski definition) is 6. The molecule has 3 rings (SSSR count). The molecule has 0 spiro atoms. The molecular weight excluding hydrogens is 300 g/mol. The van der Waals surface area contributed by atoms with Gasteiger partial charge in [0.05, 0.1) is 11.9 Å². The van der Waals surface area contributed by atoms with Crippen LogP contribution in [0.1, 0.15) is 5.69 Å². The molecule has 3 heterocycles. The van der Waals surface area contributed by atoms with Gasteiger partial charge in [0.25, 0.3) is 0 Å². The van der Waals surface area contributed by atoms with Gasteiger partial charge in [0.15, 0.2) is 5.76 Å². The molecule has 23 heavy (non-hydrogen) atoms. The van der Waals surface area contributed by atoms with Gasteiger partial charge in [-0.2, -0.15) is 0 Å². The minimum Gasteiger partial charge on any atom is -0.465 e. The number of aryl methyl sites for hydroxylation is 1. The molecule has 0 aliphatic rings. The Morgan fingerprint density at radius 3 is 2.74 bits per heavy atom. The number of hydrogen-bond donors (Lipinski definition) is 2. The molecule has 0 saturated heterocycles. The molecule has 0 saturated carbocycles. The van der Waals surface area contributed by atoms with Gasteiger partial charge in [-0.15, -0.1) is 0 Å². The molecule has 0 aromatic carbocycles. The molecule has 3 aromatic heterocycles. The van der Waals surface area contributed by atoms with E-state index in [0.717, 1.165) is 5.69 Å². The van der Waals surface area contributed by atoms with Crippen LogP contribution in [-0.4, -0.2) is 26.3 Å². The number of amides is 1. The van der Waals surface area contributed by atoms with Crippen molar-refractivity contribution in [1.82, 2.24) is 15.1 Å². The van der Waals surface area contributed by atoms with Gasteiger partial charge in [0.1, 0.15) is 23.0 Å². The van der Waals surface area contributed by atoms with Crippen molar-refractivity contribution in [3.05, 3.63) is 48.4 Å². The molecule has 1 amide bonds. The Kier molecular flexibility index (Phi) is 3.88. The van der Waals surface area contributed by atoms with Crippen LogP contribution in [0.25, 0.3) is 11.5 Å². The maximum Gasteiger partial charge on any atom is 0.410 e. The quantitative estimate of drug-likeness (QED) is 0.760. The third-order valence-electron chi connectivity index (χ3n) is 2.82. The van der Waals surface area contributed by atoms with Crippen molar-refractivity contribution in [1.29, 1.82) is 0 Å². The Morgan fingerprint density at radius 2 is 2.09 bits per heavy atom. The van der Waals surface area contributed by atoms with Crippen molar-refractivity contribution >= 4 is 11.9 Å². The van der Waals surface area contributed by atoms with E-state index >= 15 is 0 Å². The topological polar surface area (TPSA) is 110 Å². The predicted octanol–water partition coefficient (Wildman–Crippen LogP) is 3.32. The van der Waals surface area contributed by atoms with Gasteiger partial charge in [0, 0.05) is 18.3 Å². The maximum absolute atomic E-state index is 10.5. The van der Waals surface area contributed by atoms with E-state index in [-0.39, 0.29) is 5.82 Å². The zero-order valence-electron chi connectivity index (χ0n) is 12.1. The molecule has 2 N–H and O–H groups in total. The number of nitrogens with zero attached hydrogens (tertiary/aromatic N) is 3. The molecule has 0 aliphatic heterocycles. The maximum atomic E-state index is 10.5. The first kappa shape index (κ1) is 14.5. The second kappa shape index (κ2) is 6.14. The summed E-state index contributed by atoms with van der Waals surface area (Å²) in [6.45, 7) is 1.83. The van der Waals surface area contributed by atoms with Crippen LogP contribution in [0.2, 0.25) is 0 Å². The van der Waals surface area contributed by atoms with Gasteiger partial charge in [-0.25, -0.2) is 9.78 Å². The van der Waals surface area contributed by atoms with Crippen molar-refractivity contribution in [3.63, 3.8) is 0 Å². The molecule has 0 fully saturated rings. The van der Waals surface area contributed by atoms with Crippen LogP contribution < -0.4 is 10.1 Å². The van der Waals surface area contributed by atoms with Crippen LogP contribution in [0.4, 0.5) is 10.6 Å². The summed E-state index contributed by atoms with van der Waals surface area (Å²) in [6.07, 6.45) is 1.84. The lowest BCUT2D eigenvalue weighted by atomic mass is 10.2. The van der Waals surface area contributed by atoms with Gasteiger partial charge in [-0.1, -0.05) is 5.16 Å². The van der Waals surface area contributed by atoms with Crippen molar-refractivity contribution in [3.8, 4) is 23.0 Å². The highest BCUT2D eigenvalue weighted by Crippen LogP contribution is 2.26. The second-order valence-corrected chi connectivity index (χ2v) is 4.62. The smallest absolute Gasteiger partial charge is 0.410 e. The molecule has 0 bridgehead atoms. The van der Waals surface area contributed by atoms with Crippen LogP contribution in [0, 0.1) is 6.92 Å². The summed E-state index contributed by atoms with van der Waals surface area (Å²) in [6, 6.07) is 8.29. The Morgan fingerprint density at radius 1 is 1.22 bits per heavy atom. The fourth-order valence-electron chi connectivity index (χ4n) is 1.85. The van der Waals surface area contributed by atoms with Crippen LogP contribution in [-0.2, 0) is 0 Å². The molecule has 0 aliphatic carbocycles. The second-order valence-electron chi connectivity index (χ2n) is 4.62. The minimum absolute atomic E-state index is 0.220.